The van der Waals surface area contributed by atoms with E-state index in [1.807, 2.05) is 30.5 Å². The number of anilines is 1. The molecule has 8 heteroatoms. The summed E-state index contributed by atoms with van der Waals surface area (Å²) in [5.74, 6) is -0.0568. The molecule has 8 nitrogen and oxygen atoms in total. The van der Waals surface area contributed by atoms with Crippen molar-refractivity contribution in [2.24, 2.45) is 0 Å². The summed E-state index contributed by atoms with van der Waals surface area (Å²) in [4.78, 5) is 21.3. The molecule has 1 aliphatic rings. The number of hydrogen-bond donors (Lipinski definition) is 1. The third-order valence-electron chi connectivity index (χ3n) is 4.50. The highest BCUT2D eigenvalue weighted by atomic mass is 16.6. The number of piperazine rings is 1. The molecule has 1 aromatic carbocycles. The van der Waals surface area contributed by atoms with Crippen LogP contribution in [0.1, 0.15) is 5.69 Å². The minimum absolute atomic E-state index is 0.0568. The van der Waals surface area contributed by atoms with Crippen molar-refractivity contribution in [1.29, 1.82) is 0 Å². The van der Waals surface area contributed by atoms with E-state index in [9.17, 15) is 4.79 Å². The molecule has 1 aliphatic heterocycles. The lowest BCUT2D eigenvalue weighted by Crippen LogP contribution is -2.48. The molecule has 4 rings (SSSR count). The van der Waals surface area contributed by atoms with Crippen molar-refractivity contribution in [3.05, 3.63) is 48.3 Å². The van der Waals surface area contributed by atoms with Crippen molar-refractivity contribution in [2.75, 3.05) is 38.0 Å². The van der Waals surface area contributed by atoms with E-state index in [4.69, 9.17) is 4.63 Å². The number of nitrogens with zero attached hydrogens (tertiary/aromatic N) is 5. The number of fused-ring (bicyclic) bond motifs is 1. The second-order valence-corrected chi connectivity index (χ2v) is 6.36. The minimum atomic E-state index is -0.0568. The molecule has 3 heterocycles. The third-order valence-corrected chi connectivity index (χ3v) is 4.50. The molecule has 0 spiro atoms. The van der Waals surface area contributed by atoms with Gasteiger partial charge in [0.25, 0.3) is 0 Å². The standard InChI is InChI=1S/C18H20N6O2/c25-17(20-15-5-3-6-16-18(15)22-26-21-16)13-24-10-8-23(9-11-24)12-14-4-1-2-7-19-14/h1-7H,8-13H2,(H,20,25). The molecule has 0 bridgehead atoms. The summed E-state index contributed by atoms with van der Waals surface area (Å²) < 4.78 is 4.73. The Morgan fingerprint density at radius 2 is 1.88 bits per heavy atom. The normalized spacial score (nSPS) is 16.0. The van der Waals surface area contributed by atoms with E-state index in [0.717, 1.165) is 38.4 Å². The van der Waals surface area contributed by atoms with Crippen LogP contribution < -0.4 is 5.32 Å². The molecule has 1 fully saturated rings. The molecule has 0 radical (unpaired) electrons. The second kappa shape index (κ2) is 7.59. The minimum Gasteiger partial charge on any atom is -0.323 e. The topological polar surface area (TPSA) is 87.4 Å². The fraction of sp³-hybridized carbons (Fsp3) is 0.333. The maximum absolute atomic E-state index is 12.4. The lowest BCUT2D eigenvalue weighted by atomic mass is 10.2. The fourth-order valence-corrected chi connectivity index (χ4v) is 3.13. The van der Waals surface area contributed by atoms with Gasteiger partial charge < -0.3 is 5.32 Å². The number of pyridine rings is 1. The largest absolute Gasteiger partial charge is 0.323 e. The quantitative estimate of drug-likeness (QED) is 0.742. The summed E-state index contributed by atoms with van der Waals surface area (Å²) in [7, 11) is 0. The summed E-state index contributed by atoms with van der Waals surface area (Å²) in [6.07, 6.45) is 1.82. The predicted molar refractivity (Wildman–Crippen MR) is 96.4 cm³/mol. The van der Waals surface area contributed by atoms with Crippen LogP contribution in [-0.2, 0) is 11.3 Å². The smallest absolute Gasteiger partial charge is 0.238 e. The summed E-state index contributed by atoms with van der Waals surface area (Å²) in [5.41, 5.74) is 2.91. The van der Waals surface area contributed by atoms with Gasteiger partial charge in [0.1, 0.15) is 5.52 Å². The van der Waals surface area contributed by atoms with Crippen LogP contribution in [0.15, 0.2) is 47.2 Å². The molecule has 3 aromatic rings. The molecule has 0 atom stereocenters. The first-order chi connectivity index (χ1) is 12.8. The Labute approximate surface area is 150 Å². The third kappa shape index (κ3) is 3.87. The highest BCUT2D eigenvalue weighted by Crippen LogP contribution is 2.19. The molecule has 26 heavy (non-hydrogen) atoms. The lowest BCUT2D eigenvalue weighted by molar-refractivity contribution is -0.117. The number of amides is 1. The van der Waals surface area contributed by atoms with E-state index < -0.39 is 0 Å². The molecule has 0 unspecified atom stereocenters. The number of rotatable bonds is 5. The molecular weight excluding hydrogens is 332 g/mol. The van der Waals surface area contributed by atoms with Crippen LogP contribution in [0.2, 0.25) is 0 Å². The Morgan fingerprint density at radius 3 is 2.69 bits per heavy atom. The van der Waals surface area contributed by atoms with Crippen molar-refractivity contribution in [2.45, 2.75) is 6.54 Å². The van der Waals surface area contributed by atoms with Crippen LogP contribution in [-0.4, -0.2) is 63.7 Å². The number of carbonyl (C=O) groups is 1. The first-order valence-electron chi connectivity index (χ1n) is 8.64. The van der Waals surface area contributed by atoms with E-state index >= 15 is 0 Å². The van der Waals surface area contributed by atoms with Crippen molar-refractivity contribution >= 4 is 22.6 Å². The summed E-state index contributed by atoms with van der Waals surface area (Å²) >= 11 is 0. The van der Waals surface area contributed by atoms with E-state index in [1.165, 1.54) is 0 Å². The van der Waals surface area contributed by atoms with Crippen molar-refractivity contribution in [3.63, 3.8) is 0 Å². The monoisotopic (exact) mass is 352 g/mol. The van der Waals surface area contributed by atoms with Crippen LogP contribution in [0.5, 0.6) is 0 Å². The SMILES string of the molecule is O=C(CN1CCN(Cc2ccccn2)CC1)Nc1cccc2nonc12. The Bertz CT molecular complexity index is 874. The van der Waals surface area contributed by atoms with Gasteiger partial charge in [-0.2, -0.15) is 0 Å². The zero-order valence-electron chi connectivity index (χ0n) is 14.3. The van der Waals surface area contributed by atoms with Gasteiger partial charge in [-0.1, -0.05) is 12.1 Å². The van der Waals surface area contributed by atoms with Gasteiger partial charge in [0.05, 0.1) is 17.9 Å². The van der Waals surface area contributed by atoms with Gasteiger partial charge in [0, 0.05) is 38.9 Å². The van der Waals surface area contributed by atoms with E-state index in [0.29, 0.717) is 23.3 Å². The molecule has 1 amide bonds. The summed E-state index contributed by atoms with van der Waals surface area (Å²) in [6, 6.07) is 11.4. The van der Waals surface area contributed by atoms with Gasteiger partial charge in [-0.15, -0.1) is 0 Å². The first kappa shape index (κ1) is 16.6. The van der Waals surface area contributed by atoms with Crippen LogP contribution in [0.3, 0.4) is 0 Å². The van der Waals surface area contributed by atoms with E-state index in [1.54, 1.807) is 12.1 Å². The molecule has 0 saturated carbocycles. The molecule has 1 N–H and O–H groups in total. The number of carbonyl (C=O) groups excluding carboxylic acids is 1. The number of hydrogen-bond acceptors (Lipinski definition) is 7. The summed E-state index contributed by atoms with van der Waals surface area (Å²) in [6.45, 7) is 4.77. The first-order valence-corrected chi connectivity index (χ1v) is 8.64. The van der Waals surface area contributed by atoms with Crippen molar-refractivity contribution in [3.8, 4) is 0 Å². The zero-order valence-corrected chi connectivity index (χ0v) is 14.3. The van der Waals surface area contributed by atoms with E-state index in [-0.39, 0.29) is 5.91 Å². The average Bonchev–Trinajstić information content (AvgIpc) is 3.14. The number of nitrogens with one attached hydrogen (secondary N) is 1. The molecule has 134 valence electrons. The lowest BCUT2D eigenvalue weighted by Gasteiger charge is -2.34. The Morgan fingerprint density at radius 1 is 1.04 bits per heavy atom. The van der Waals surface area contributed by atoms with Crippen LogP contribution >= 0.6 is 0 Å². The Kier molecular flexibility index (Phi) is 4.85. The Balaban J connectivity index is 1.27. The Hall–Kier alpha value is -2.84. The van der Waals surface area contributed by atoms with Crippen LogP contribution in [0.4, 0.5) is 5.69 Å². The molecule has 0 aliphatic carbocycles. The number of aromatic nitrogens is 3. The fourth-order valence-electron chi connectivity index (χ4n) is 3.13. The average molecular weight is 352 g/mol. The van der Waals surface area contributed by atoms with Gasteiger partial charge in [-0.25, -0.2) is 4.63 Å². The van der Waals surface area contributed by atoms with Crippen LogP contribution in [0, 0.1) is 0 Å². The van der Waals surface area contributed by atoms with Crippen molar-refractivity contribution < 1.29 is 9.42 Å². The zero-order chi connectivity index (χ0) is 17.8. The van der Waals surface area contributed by atoms with Crippen molar-refractivity contribution in [1.82, 2.24) is 25.1 Å². The van der Waals surface area contributed by atoms with Gasteiger partial charge in [0.2, 0.25) is 5.91 Å². The highest BCUT2D eigenvalue weighted by Gasteiger charge is 2.20. The highest BCUT2D eigenvalue weighted by molar-refractivity contribution is 5.99. The maximum atomic E-state index is 12.4. The van der Waals surface area contributed by atoms with Gasteiger partial charge >= 0.3 is 0 Å². The number of benzene rings is 1. The second-order valence-electron chi connectivity index (χ2n) is 6.36. The molecule has 2 aromatic heterocycles. The van der Waals surface area contributed by atoms with Crippen LogP contribution in [0.25, 0.3) is 11.0 Å². The predicted octanol–water partition coefficient (Wildman–Crippen LogP) is 1.37. The van der Waals surface area contributed by atoms with Gasteiger partial charge in [-0.3, -0.25) is 19.6 Å². The van der Waals surface area contributed by atoms with Gasteiger partial charge in [0.15, 0.2) is 5.52 Å². The molecule has 1 saturated heterocycles. The summed E-state index contributed by atoms with van der Waals surface area (Å²) in [5, 5.41) is 10.5. The molecular formula is C18H20N6O2. The van der Waals surface area contributed by atoms with Gasteiger partial charge in [-0.05, 0) is 34.6 Å². The maximum Gasteiger partial charge on any atom is 0.238 e. The van der Waals surface area contributed by atoms with E-state index in [2.05, 4.69) is 30.4 Å².